The number of hydrogen-bond acceptors (Lipinski definition) is 4. The summed E-state index contributed by atoms with van der Waals surface area (Å²) in [6.45, 7) is 0.0619. The first-order valence-corrected chi connectivity index (χ1v) is 3.43. The quantitative estimate of drug-likeness (QED) is 0.561. The Hall–Kier alpha value is -1.62. The second-order valence-electron chi connectivity index (χ2n) is 2.37. The van der Waals surface area contributed by atoms with Crippen LogP contribution in [-0.2, 0) is 4.79 Å². The molecule has 2 N–H and O–H groups in total. The van der Waals surface area contributed by atoms with Crippen molar-refractivity contribution >= 4 is 12.2 Å². The van der Waals surface area contributed by atoms with Crippen LogP contribution in [0.5, 0.6) is 0 Å². The maximum absolute atomic E-state index is 10.7. The SMILES string of the molecule is [2H]N1CC(C(=O)O)=C2N=CC=CN21. The lowest BCUT2D eigenvalue weighted by molar-refractivity contribution is -0.132. The van der Waals surface area contributed by atoms with E-state index in [1.807, 2.05) is 0 Å². The monoisotopic (exact) mass is 166 g/mol. The van der Waals surface area contributed by atoms with Crippen LogP contribution in [0, 0.1) is 0 Å². The number of carbonyl (C=O) groups is 1. The maximum atomic E-state index is 10.7. The lowest BCUT2D eigenvalue weighted by atomic mass is 10.3. The fraction of sp³-hybridized carbons (Fsp3) is 0.143. The van der Waals surface area contributed by atoms with E-state index in [1.165, 1.54) is 11.2 Å². The van der Waals surface area contributed by atoms with Crippen LogP contribution in [-0.4, -0.2) is 28.8 Å². The summed E-state index contributed by atoms with van der Waals surface area (Å²) < 4.78 is 7.41. The third kappa shape index (κ3) is 0.911. The molecule has 2 rings (SSSR count). The summed E-state index contributed by atoms with van der Waals surface area (Å²) in [6.07, 6.45) is 4.76. The van der Waals surface area contributed by atoms with Crippen molar-refractivity contribution in [2.45, 2.75) is 0 Å². The highest BCUT2D eigenvalue weighted by Gasteiger charge is 2.25. The highest BCUT2D eigenvalue weighted by molar-refractivity contribution is 5.89. The lowest BCUT2D eigenvalue weighted by Crippen LogP contribution is -2.27. The van der Waals surface area contributed by atoms with Crippen molar-refractivity contribution in [1.29, 1.82) is 0 Å². The van der Waals surface area contributed by atoms with Crippen molar-refractivity contribution in [2.75, 3.05) is 6.54 Å². The highest BCUT2D eigenvalue weighted by atomic mass is 16.4. The summed E-state index contributed by atoms with van der Waals surface area (Å²) >= 11 is 0. The second-order valence-corrected chi connectivity index (χ2v) is 2.37. The number of rotatable bonds is 1. The Labute approximate surface area is 70.1 Å². The molecule has 0 radical (unpaired) electrons. The van der Waals surface area contributed by atoms with Gasteiger partial charge in [-0.25, -0.2) is 15.2 Å². The van der Waals surface area contributed by atoms with Crippen LogP contribution in [0.2, 0.25) is 1.41 Å². The predicted molar refractivity (Wildman–Crippen MR) is 42.1 cm³/mol. The molecule has 0 saturated carbocycles. The molecule has 2 heterocycles. The predicted octanol–water partition coefficient (Wildman–Crippen LogP) is -0.299. The average molecular weight is 166 g/mol. The van der Waals surface area contributed by atoms with E-state index in [9.17, 15) is 4.79 Å². The molecule has 0 unspecified atom stereocenters. The summed E-state index contributed by atoms with van der Waals surface area (Å²) in [7, 11) is 0. The zero-order valence-electron chi connectivity index (χ0n) is 7.14. The van der Waals surface area contributed by atoms with Gasteiger partial charge in [-0.05, 0) is 6.08 Å². The third-order valence-electron chi connectivity index (χ3n) is 1.64. The van der Waals surface area contributed by atoms with E-state index >= 15 is 0 Å². The van der Waals surface area contributed by atoms with Gasteiger partial charge < -0.3 is 5.11 Å². The van der Waals surface area contributed by atoms with Crippen LogP contribution >= 0.6 is 0 Å². The zero-order chi connectivity index (χ0) is 9.42. The van der Waals surface area contributed by atoms with Crippen LogP contribution in [0.4, 0.5) is 0 Å². The number of carboxylic acid groups (broad SMARTS) is 1. The van der Waals surface area contributed by atoms with Gasteiger partial charge in [-0.3, -0.25) is 5.01 Å². The minimum Gasteiger partial charge on any atom is -0.478 e. The molecule has 0 aliphatic carbocycles. The first-order chi connectivity index (χ1) is 6.20. The molecule has 5 nitrogen and oxygen atoms in total. The summed E-state index contributed by atoms with van der Waals surface area (Å²) in [6, 6.07) is 0. The molecule has 0 aromatic rings. The Morgan fingerprint density at radius 2 is 2.75 bits per heavy atom. The van der Waals surface area contributed by atoms with E-state index in [-0.39, 0.29) is 12.1 Å². The molecular weight excluding hydrogens is 158 g/mol. The number of aliphatic imine (C=N–C) groups is 1. The van der Waals surface area contributed by atoms with Crippen LogP contribution < -0.4 is 5.42 Å². The van der Waals surface area contributed by atoms with Gasteiger partial charge >= 0.3 is 5.97 Å². The van der Waals surface area contributed by atoms with Gasteiger partial charge in [0.25, 0.3) is 0 Å². The fourth-order valence-electron chi connectivity index (χ4n) is 1.07. The van der Waals surface area contributed by atoms with E-state index in [2.05, 4.69) is 4.99 Å². The molecular formula is C7H7N3O2. The Morgan fingerprint density at radius 3 is 3.50 bits per heavy atom. The van der Waals surface area contributed by atoms with E-state index < -0.39 is 5.97 Å². The van der Waals surface area contributed by atoms with Crippen molar-refractivity contribution in [2.24, 2.45) is 4.99 Å². The molecule has 0 bridgehead atoms. The Kier molecular flexibility index (Phi) is 1.22. The molecule has 2 aliphatic rings. The molecule has 0 aromatic heterocycles. The van der Waals surface area contributed by atoms with Gasteiger partial charge in [-0.2, -0.15) is 0 Å². The minimum absolute atomic E-state index is 0.0619. The summed E-state index contributed by atoms with van der Waals surface area (Å²) in [5.41, 5.74) is 1.20. The number of aliphatic carboxylic acids is 1. The largest absolute Gasteiger partial charge is 0.478 e. The van der Waals surface area contributed by atoms with Crippen molar-refractivity contribution in [3.63, 3.8) is 0 Å². The molecule has 2 aliphatic heterocycles. The highest BCUT2D eigenvalue weighted by Crippen LogP contribution is 2.18. The number of carboxylic acids is 1. The summed E-state index contributed by atoms with van der Waals surface area (Å²) in [5.74, 6) is -0.702. The number of nitrogens with one attached hydrogen (secondary N) is 1. The van der Waals surface area contributed by atoms with Crippen molar-refractivity contribution in [1.82, 2.24) is 10.4 Å². The molecule has 0 amide bonds. The van der Waals surface area contributed by atoms with Crippen molar-refractivity contribution in [3.8, 4) is 0 Å². The molecule has 0 fully saturated rings. The number of fused-ring (bicyclic) bond motifs is 1. The van der Waals surface area contributed by atoms with Gasteiger partial charge in [0.05, 0.1) is 12.1 Å². The van der Waals surface area contributed by atoms with Gasteiger partial charge in [0.15, 0.2) is 5.82 Å². The molecule has 5 heteroatoms. The molecule has 12 heavy (non-hydrogen) atoms. The molecule has 0 atom stereocenters. The standard InChI is InChI=1S/C7H7N3O2/c11-7(12)5-4-9-10-3-1-2-8-6(5)10/h1-3,9H,4H2,(H,11,12)/i/hD. The van der Waals surface area contributed by atoms with E-state index in [1.54, 1.807) is 12.3 Å². The number of allylic oxidation sites excluding steroid dienone is 1. The fourth-order valence-corrected chi connectivity index (χ4v) is 1.07. The van der Waals surface area contributed by atoms with Crippen LogP contribution in [0.15, 0.2) is 28.7 Å². The third-order valence-corrected chi connectivity index (χ3v) is 1.64. The van der Waals surface area contributed by atoms with Gasteiger partial charge in [-0.15, -0.1) is 0 Å². The molecule has 0 aromatic carbocycles. The molecule has 0 spiro atoms. The first kappa shape index (κ1) is 5.96. The Morgan fingerprint density at radius 1 is 1.92 bits per heavy atom. The van der Waals surface area contributed by atoms with E-state index in [0.717, 1.165) is 5.42 Å². The lowest BCUT2D eigenvalue weighted by Gasteiger charge is -2.15. The Bertz CT molecular complexity index is 348. The topological polar surface area (TPSA) is 64.9 Å². The number of nitrogens with zero attached hydrogens (tertiary/aromatic N) is 2. The second kappa shape index (κ2) is 2.46. The van der Waals surface area contributed by atoms with Crippen molar-refractivity contribution < 1.29 is 11.3 Å². The summed E-state index contributed by atoms with van der Waals surface area (Å²) in [5, 5.41) is 10.2. The first-order valence-electron chi connectivity index (χ1n) is 3.88. The number of hydrogen-bond donors (Lipinski definition) is 2. The minimum atomic E-state index is -1.03. The van der Waals surface area contributed by atoms with Gasteiger partial charge in [0.2, 0.25) is 0 Å². The zero-order valence-corrected chi connectivity index (χ0v) is 6.14. The normalized spacial score (nSPS) is 23.0. The molecule has 0 saturated heterocycles. The Balaban J connectivity index is 2.42. The average Bonchev–Trinajstić information content (AvgIpc) is 2.45. The van der Waals surface area contributed by atoms with Crippen molar-refractivity contribution in [3.05, 3.63) is 23.7 Å². The van der Waals surface area contributed by atoms with Crippen LogP contribution in [0.25, 0.3) is 0 Å². The van der Waals surface area contributed by atoms with Gasteiger partial charge in [-0.1, -0.05) is 0 Å². The van der Waals surface area contributed by atoms with Gasteiger partial charge in [0.1, 0.15) is 1.41 Å². The van der Waals surface area contributed by atoms with Crippen LogP contribution in [0.3, 0.4) is 0 Å². The number of hydrazine groups is 1. The van der Waals surface area contributed by atoms with Crippen LogP contribution in [0.1, 0.15) is 0 Å². The maximum Gasteiger partial charge on any atom is 0.336 e. The van der Waals surface area contributed by atoms with E-state index in [4.69, 9.17) is 6.52 Å². The molecule has 62 valence electrons. The summed E-state index contributed by atoms with van der Waals surface area (Å²) in [4.78, 5) is 14.6. The smallest absolute Gasteiger partial charge is 0.336 e. The van der Waals surface area contributed by atoms with Gasteiger partial charge in [0, 0.05) is 12.4 Å². The van der Waals surface area contributed by atoms with E-state index in [0.29, 0.717) is 5.82 Å².